The van der Waals surface area contributed by atoms with E-state index in [2.05, 4.69) is 123 Å². The SMILES string of the molecule is Cc1ccccc1C(=S)[S][Ge]([S]C(=S)c1ccccc1C)([c]1ccccc1)[c]1ccccc1. The first-order valence-corrected chi connectivity index (χ1v) is 20.4. The van der Waals surface area contributed by atoms with Gasteiger partial charge in [0.05, 0.1) is 0 Å². The Morgan fingerprint density at radius 2 is 0.848 bits per heavy atom. The number of hydrogen-bond acceptors (Lipinski definition) is 4. The molecular weight excluding hydrogens is 537 g/mol. The van der Waals surface area contributed by atoms with Crippen molar-refractivity contribution in [2.75, 3.05) is 0 Å². The molecule has 4 aromatic carbocycles. The van der Waals surface area contributed by atoms with Crippen molar-refractivity contribution in [1.82, 2.24) is 0 Å². The van der Waals surface area contributed by atoms with E-state index in [0.29, 0.717) is 0 Å². The third kappa shape index (κ3) is 5.52. The molecule has 0 fully saturated rings. The van der Waals surface area contributed by atoms with Gasteiger partial charge in [-0.1, -0.05) is 0 Å². The van der Waals surface area contributed by atoms with Crippen LogP contribution in [0.3, 0.4) is 0 Å². The van der Waals surface area contributed by atoms with E-state index in [1.165, 1.54) is 19.9 Å². The molecule has 0 saturated carbocycles. The summed E-state index contributed by atoms with van der Waals surface area (Å²) in [4.78, 5) is 0. The van der Waals surface area contributed by atoms with Gasteiger partial charge in [-0.25, -0.2) is 0 Å². The molecule has 0 spiro atoms. The number of benzene rings is 4. The summed E-state index contributed by atoms with van der Waals surface area (Å²) in [5.74, 6) is 0. The van der Waals surface area contributed by atoms with Crippen molar-refractivity contribution in [3.8, 4) is 0 Å². The fourth-order valence-electron chi connectivity index (χ4n) is 3.71. The van der Waals surface area contributed by atoms with Crippen LogP contribution in [0.5, 0.6) is 0 Å². The van der Waals surface area contributed by atoms with Crippen molar-refractivity contribution in [3.63, 3.8) is 0 Å². The van der Waals surface area contributed by atoms with E-state index in [1.54, 1.807) is 0 Å². The van der Waals surface area contributed by atoms with Gasteiger partial charge in [-0.15, -0.1) is 0 Å². The standard InChI is InChI=1S/C28H24GeS4/c1-21-13-9-11-19-25(21)27(30)32-29(23-15-5-3-6-16-23,24-17-7-4-8-18-24)33-28(31)26-20-12-10-14-22(26)2/h3-20H,1-2H3. The molecule has 0 radical (unpaired) electrons. The molecule has 33 heavy (non-hydrogen) atoms. The second-order valence-electron chi connectivity index (χ2n) is 7.76. The van der Waals surface area contributed by atoms with Crippen LogP contribution in [0.25, 0.3) is 0 Å². The molecule has 0 unspecified atom stereocenters. The molecule has 0 aliphatic heterocycles. The summed E-state index contributed by atoms with van der Waals surface area (Å²) in [6, 6.07) is 38.5. The van der Waals surface area contributed by atoms with E-state index in [4.69, 9.17) is 24.4 Å². The van der Waals surface area contributed by atoms with Gasteiger partial charge in [0.15, 0.2) is 0 Å². The Morgan fingerprint density at radius 1 is 0.515 bits per heavy atom. The van der Waals surface area contributed by atoms with E-state index in [1.807, 2.05) is 20.2 Å². The molecule has 0 aliphatic carbocycles. The molecule has 0 bridgehead atoms. The molecule has 0 N–H and O–H groups in total. The molecule has 0 nitrogen and oxygen atoms in total. The van der Waals surface area contributed by atoms with E-state index in [9.17, 15) is 0 Å². The quantitative estimate of drug-likeness (QED) is 0.182. The van der Waals surface area contributed by atoms with Crippen LogP contribution < -0.4 is 8.79 Å². The fourth-order valence-corrected chi connectivity index (χ4v) is 28.8. The Morgan fingerprint density at radius 3 is 1.21 bits per heavy atom. The van der Waals surface area contributed by atoms with Gasteiger partial charge in [-0.3, -0.25) is 0 Å². The number of hydrogen-bond donors (Lipinski definition) is 0. The minimum atomic E-state index is -3.24. The Balaban J connectivity index is 1.87. The Bertz CT molecular complexity index is 1170. The second-order valence-corrected chi connectivity index (χ2v) is 25.6. The normalized spacial score (nSPS) is 11.2. The average Bonchev–Trinajstić information content (AvgIpc) is 2.85. The third-order valence-electron chi connectivity index (χ3n) is 5.51. The third-order valence-corrected chi connectivity index (χ3v) is 28.0. The molecule has 4 rings (SSSR count). The van der Waals surface area contributed by atoms with Gasteiger partial charge in [0.25, 0.3) is 0 Å². The van der Waals surface area contributed by atoms with Crippen molar-refractivity contribution in [2.24, 2.45) is 0 Å². The Labute approximate surface area is 216 Å². The predicted molar refractivity (Wildman–Crippen MR) is 159 cm³/mol. The maximum absolute atomic E-state index is 6.10. The average molecular weight is 561 g/mol. The zero-order valence-corrected chi connectivity index (χ0v) is 23.9. The zero-order chi connectivity index (χ0) is 23.3. The van der Waals surface area contributed by atoms with Crippen LogP contribution in [0.15, 0.2) is 109 Å². The summed E-state index contributed by atoms with van der Waals surface area (Å²) in [6.07, 6.45) is 0. The van der Waals surface area contributed by atoms with Crippen molar-refractivity contribution < 1.29 is 0 Å². The van der Waals surface area contributed by atoms with Crippen LogP contribution in [-0.4, -0.2) is 19.4 Å². The molecule has 0 aromatic heterocycles. The monoisotopic (exact) mass is 562 g/mol. The molecule has 0 atom stereocenters. The van der Waals surface area contributed by atoms with Gasteiger partial charge < -0.3 is 0 Å². The summed E-state index contributed by atoms with van der Waals surface area (Å²) in [7, 11) is 0.541. The van der Waals surface area contributed by atoms with Crippen LogP contribution in [0.4, 0.5) is 0 Å². The summed E-state index contributed by atoms with van der Waals surface area (Å²) in [5, 5.41) is 0. The molecule has 0 aliphatic rings. The first kappa shape index (κ1) is 24.4. The maximum atomic E-state index is 6.10. The number of rotatable bonds is 6. The fraction of sp³-hybridized carbons (Fsp3) is 0.0714. The molecule has 164 valence electrons. The van der Waals surface area contributed by atoms with E-state index in [0.717, 1.165) is 19.5 Å². The summed E-state index contributed by atoms with van der Waals surface area (Å²) >= 11 is 12.2. The minimum absolute atomic E-state index is 0.945. The van der Waals surface area contributed by atoms with E-state index in [-0.39, 0.29) is 0 Å². The molecular formula is C28H24GeS4. The Hall–Kier alpha value is -1.70. The van der Waals surface area contributed by atoms with Gasteiger partial charge in [0.2, 0.25) is 0 Å². The summed E-state index contributed by atoms with van der Waals surface area (Å²) < 4.78 is 4.60. The topological polar surface area (TPSA) is 0 Å². The molecule has 4 aromatic rings. The Kier molecular flexibility index (Phi) is 8.26. The zero-order valence-electron chi connectivity index (χ0n) is 18.5. The van der Waals surface area contributed by atoms with Crippen LogP contribution in [0, 0.1) is 13.8 Å². The van der Waals surface area contributed by atoms with Gasteiger partial charge in [0.1, 0.15) is 0 Å². The van der Waals surface area contributed by atoms with Gasteiger partial charge in [-0.05, 0) is 0 Å². The number of aryl methyl sites for hydroxylation is 2. The number of thiocarbonyl (C=S) groups is 2. The van der Waals surface area contributed by atoms with Crippen molar-refractivity contribution in [1.29, 1.82) is 0 Å². The van der Waals surface area contributed by atoms with Crippen molar-refractivity contribution >= 4 is 72.8 Å². The first-order chi connectivity index (χ1) is 16.0. The molecule has 0 amide bonds. The predicted octanol–water partition coefficient (Wildman–Crippen LogP) is 7.08. The van der Waals surface area contributed by atoms with Crippen LogP contribution in [0.1, 0.15) is 22.3 Å². The van der Waals surface area contributed by atoms with Crippen molar-refractivity contribution in [2.45, 2.75) is 13.8 Å². The summed E-state index contributed by atoms with van der Waals surface area (Å²) in [5.41, 5.74) is 4.70. The van der Waals surface area contributed by atoms with Crippen LogP contribution >= 0.6 is 44.6 Å². The van der Waals surface area contributed by atoms with Gasteiger partial charge in [-0.2, -0.15) is 0 Å². The van der Waals surface area contributed by atoms with Gasteiger partial charge >= 0.3 is 218 Å². The van der Waals surface area contributed by atoms with E-state index < -0.39 is 11.0 Å². The molecule has 5 heteroatoms. The molecule has 0 heterocycles. The summed E-state index contributed by atoms with van der Waals surface area (Å²) in [6.45, 7) is 4.26. The first-order valence-electron chi connectivity index (χ1n) is 10.7. The van der Waals surface area contributed by atoms with Crippen LogP contribution in [0.2, 0.25) is 0 Å². The van der Waals surface area contributed by atoms with Crippen LogP contribution in [-0.2, 0) is 0 Å². The van der Waals surface area contributed by atoms with E-state index >= 15 is 0 Å². The van der Waals surface area contributed by atoms with Crippen molar-refractivity contribution in [3.05, 3.63) is 131 Å². The molecule has 0 saturated heterocycles. The second kappa shape index (κ2) is 11.2. The van der Waals surface area contributed by atoms with Gasteiger partial charge in [0, 0.05) is 0 Å².